The first-order valence-corrected chi connectivity index (χ1v) is 5.95. The number of nitrogens with zero attached hydrogens (tertiary/aromatic N) is 2. The molecule has 108 valence electrons. The van der Waals surface area contributed by atoms with E-state index in [0.717, 1.165) is 12.3 Å². The number of ether oxygens (including phenoxy) is 2. The fourth-order valence-electron chi connectivity index (χ4n) is 1.75. The second-order valence-electron chi connectivity index (χ2n) is 4.16. The summed E-state index contributed by atoms with van der Waals surface area (Å²) in [6.45, 7) is 1.86. The van der Waals surface area contributed by atoms with Crippen LogP contribution < -0.4 is 11.1 Å². The van der Waals surface area contributed by atoms with Crippen molar-refractivity contribution in [2.24, 2.45) is 5.73 Å². The van der Waals surface area contributed by atoms with Crippen molar-refractivity contribution in [3.05, 3.63) is 27.9 Å². The Morgan fingerprint density at radius 3 is 3.00 bits per heavy atom. The van der Waals surface area contributed by atoms with E-state index in [0.29, 0.717) is 26.4 Å². The average molecular weight is 282 g/mol. The molecule has 0 aromatic carbocycles. The van der Waals surface area contributed by atoms with Crippen LogP contribution in [0.2, 0.25) is 0 Å². The Bertz CT molecular complexity index is 516. The van der Waals surface area contributed by atoms with Gasteiger partial charge in [0.25, 0.3) is 11.6 Å². The number of anilines is 1. The van der Waals surface area contributed by atoms with Gasteiger partial charge in [0, 0.05) is 12.6 Å². The second kappa shape index (κ2) is 6.26. The van der Waals surface area contributed by atoms with Crippen molar-refractivity contribution in [3.63, 3.8) is 0 Å². The molecular weight excluding hydrogens is 268 g/mol. The van der Waals surface area contributed by atoms with Gasteiger partial charge in [-0.3, -0.25) is 14.9 Å². The molecule has 1 aromatic rings. The van der Waals surface area contributed by atoms with Crippen molar-refractivity contribution in [1.29, 1.82) is 0 Å². The van der Waals surface area contributed by atoms with Crippen LogP contribution in [-0.4, -0.2) is 48.3 Å². The first-order valence-electron chi connectivity index (χ1n) is 5.95. The van der Waals surface area contributed by atoms with Crippen molar-refractivity contribution in [2.75, 3.05) is 31.7 Å². The van der Waals surface area contributed by atoms with Gasteiger partial charge < -0.3 is 20.5 Å². The van der Waals surface area contributed by atoms with Crippen molar-refractivity contribution < 1.29 is 19.2 Å². The summed E-state index contributed by atoms with van der Waals surface area (Å²) < 4.78 is 10.7. The predicted octanol–water partition coefficient (Wildman–Crippen LogP) is -0.0840. The number of hydrogen-bond donors (Lipinski definition) is 2. The highest BCUT2D eigenvalue weighted by atomic mass is 16.6. The standard InChI is InChI=1S/C11H14N4O5/c12-10(16)9-3-7(15(17)18)4-13-11(9)14-5-8-6-19-1-2-20-8/h3-4,8H,1-2,5-6H2,(H2,12,16)(H,13,14)/t8-/m0/s1. The lowest BCUT2D eigenvalue weighted by Gasteiger charge is -2.23. The maximum absolute atomic E-state index is 11.3. The van der Waals surface area contributed by atoms with Gasteiger partial charge in [-0.25, -0.2) is 4.98 Å². The summed E-state index contributed by atoms with van der Waals surface area (Å²) >= 11 is 0. The highest BCUT2D eigenvalue weighted by Gasteiger charge is 2.18. The predicted molar refractivity (Wildman–Crippen MR) is 68.5 cm³/mol. The molecule has 9 heteroatoms. The molecule has 1 saturated heterocycles. The van der Waals surface area contributed by atoms with Crippen LogP contribution in [0.5, 0.6) is 0 Å². The first kappa shape index (κ1) is 14.2. The minimum atomic E-state index is -0.787. The maximum atomic E-state index is 11.3. The van der Waals surface area contributed by atoms with E-state index >= 15 is 0 Å². The number of primary amides is 1. The summed E-state index contributed by atoms with van der Waals surface area (Å²) in [6.07, 6.45) is 0.897. The Hall–Kier alpha value is -2.26. The molecule has 1 atom stereocenters. The van der Waals surface area contributed by atoms with Crippen LogP contribution in [0.15, 0.2) is 12.3 Å². The van der Waals surface area contributed by atoms with Gasteiger partial charge in [0.15, 0.2) is 0 Å². The number of rotatable bonds is 5. The van der Waals surface area contributed by atoms with Gasteiger partial charge in [0.1, 0.15) is 12.0 Å². The summed E-state index contributed by atoms with van der Waals surface area (Å²) in [5.41, 5.74) is 4.87. The van der Waals surface area contributed by atoms with Crippen molar-refractivity contribution >= 4 is 17.4 Å². The fourth-order valence-corrected chi connectivity index (χ4v) is 1.75. The van der Waals surface area contributed by atoms with E-state index in [1.807, 2.05) is 0 Å². The molecule has 0 saturated carbocycles. The number of carbonyl (C=O) groups is 1. The third-order valence-corrected chi connectivity index (χ3v) is 2.73. The summed E-state index contributed by atoms with van der Waals surface area (Å²) in [5.74, 6) is -0.596. The Morgan fingerprint density at radius 2 is 2.40 bits per heavy atom. The SMILES string of the molecule is NC(=O)c1cc([N+](=O)[O-])cnc1NC[C@H]1COCCO1. The Balaban J connectivity index is 2.09. The van der Waals surface area contributed by atoms with Gasteiger partial charge in [0.2, 0.25) is 0 Å². The molecule has 1 fully saturated rings. The molecule has 1 aliphatic heterocycles. The van der Waals surface area contributed by atoms with Crippen LogP contribution in [-0.2, 0) is 9.47 Å². The normalized spacial score (nSPS) is 18.5. The smallest absolute Gasteiger partial charge is 0.288 e. The first-order chi connectivity index (χ1) is 9.58. The Morgan fingerprint density at radius 1 is 1.60 bits per heavy atom. The van der Waals surface area contributed by atoms with E-state index in [1.54, 1.807) is 0 Å². The van der Waals surface area contributed by atoms with E-state index in [1.165, 1.54) is 0 Å². The lowest BCUT2D eigenvalue weighted by Crippen LogP contribution is -2.34. The number of nitro groups is 1. The molecule has 1 aromatic heterocycles. The van der Waals surface area contributed by atoms with E-state index < -0.39 is 10.8 Å². The molecular formula is C11H14N4O5. The molecule has 0 unspecified atom stereocenters. The van der Waals surface area contributed by atoms with E-state index in [2.05, 4.69) is 10.3 Å². The van der Waals surface area contributed by atoms with Crippen LogP contribution in [0.4, 0.5) is 11.5 Å². The minimum absolute atomic E-state index is 0.0315. The van der Waals surface area contributed by atoms with Gasteiger partial charge >= 0.3 is 0 Å². The molecule has 0 spiro atoms. The number of carbonyl (C=O) groups excluding carboxylic acids is 1. The largest absolute Gasteiger partial charge is 0.376 e. The molecule has 0 bridgehead atoms. The minimum Gasteiger partial charge on any atom is -0.376 e. The van der Waals surface area contributed by atoms with Gasteiger partial charge in [-0.15, -0.1) is 0 Å². The van der Waals surface area contributed by atoms with Gasteiger partial charge in [-0.2, -0.15) is 0 Å². The number of amides is 1. The van der Waals surface area contributed by atoms with E-state index in [-0.39, 0.29) is 23.2 Å². The number of aromatic nitrogens is 1. The number of pyridine rings is 1. The molecule has 20 heavy (non-hydrogen) atoms. The van der Waals surface area contributed by atoms with Crippen LogP contribution in [0.25, 0.3) is 0 Å². The lowest BCUT2D eigenvalue weighted by atomic mass is 10.2. The lowest BCUT2D eigenvalue weighted by molar-refractivity contribution is -0.385. The van der Waals surface area contributed by atoms with Crippen molar-refractivity contribution in [2.45, 2.75) is 6.10 Å². The van der Waals surface area contributed by atoms with Crippen LogP contribution in [0.1, 0.15) is 10.4 Å². The summed E-state index contributed by atoms with van der Waals surface area (Å²) in [5, 5.41) is 13.5. The van der Waals surface area contributed by atoms with Crippen molar-refractivity contribution in [1.82, 2.24) is 4.98 Å². The zero-order chi connectivity index (χ0) is 14.5. The van der Waals surface area contributed by atoms with Gasteiger partial charge in [0.05, 0.1) is 36.4 Å². The average Bonchev–Trinajstić information content (AvgIpc) is 2.45. The molecule has 3 N–H and O–H groups in total. The zero-order valence-corrected chi connectivity index (χ0v) is 10.6. The quantitative estimate of drug-likeness (QED) is 0.570. The zero-order valence-electron chi connectivity index (χ0n) is 10.6. The van der Waals surface area contributed by atoms with Crippen LogP contribution >= 0.6 is 0 Å². The molecule has 9 nitrogen and oxygen atoms in total. The van der Waals surface area contributed by atoms with Crippen molar-refractivity contribution in [3.8, 4) is 0 Å². The van der Waals surface area contributed by atoms with Gasteiger partial charge in [-0.1, -0.05) is 0 Å². The Labute approximate surface area is 114 Å². The summed E-state index contributed by atoms with van der Waals surface area (Å²) in [7, 11) is 0. The molecule has 0 aliphatic carbocycles. The summed E-state index contributed by atoms with van der Waals surface area (Å²) in [4.78, 5) is 25.2. The van der Waals surface area contributed by atoms with E-state index in [4.69, 9.17) is 15.2 Å². The molecule has 1 amide bonds. The molecule has 1 aliphatic rings. The maximum Gasteiger partial charge on any atom is 0.288 e. The number of hydrogen-bond acceptors (Lipinski definition) is 7. The molecule has 0 radical (unpaired) electrons. The molecule has 2 rings (SSSR count). The monoisotopic (exact) mass is 282 g/mol. The molecule has 2 heterocycles. The number of nitrogens with two attached hydrogens (primary N) is 1. The summed E-state index contributed by atoms with van der Waals surface area (Å²) in [6, 6.07) is 1.09. The fraction of sp³-hybridized carbons (Fsp3) is 0.455. The topological polar surface area (TPSA) is 130 Å². The third kappa shape index (κ3) is 3.39. The third-order valence-electron chi connectivity index (χ3n) is 2.73. The van der Waals surface area contributed by atoms with E-state index in [9.17, 15) is 14.9 Å². The Kier molecular flexibility index (Phi) is 4.43. The van der Waals surface area contributed by atoms with Crippen LogP contribution in [0, 0.1) is 10.1 Å². The highest BCUT2D eigenvalue weighted by Crippen LogP contribution is 2.18. The number of nitrogens with one attached hydrogen (secondary N) is 1. The van der Waals surface area contributed by atoms with Gasteiger partial charge in [-0.05, 0) is 0 Å². The van der Waals surface area contributed by atoms with Crippen LogP contribution in [0.3, 0.4) is 0 Å². The second-order valence-corrected chi connectivity index (χ2v) is 4.16. The highest BCUT2D eigenvalue weighted by molar-refractivity contribution is 5.98.